The molecule has 0 radical (unpaired) electrons. The van der Waals surface area contributed by atoms with Gasteiger partial charge in [-0.15, -0.1) is 12.4 Å². The molecule has 3 rings (SSSR count). The van der Waals surface area contributed by atoms with Gasteiger partial charge >= 0.3 is 0 Å². The maximum Gasteiger partial charge on any atom is 0.152 e. The summed E-state index contributed by atoms with van der Waals surface area (Å²) in [5, 5.41) is 8.51. The first-order valence-electron chi connectivity index (χ1n) is 7.61. The molecule has 1 saturated carbocycles. The second kappa shape index (κ2) is 7.07. The highest BCUT2D eigenvalue weighted by atomic mass is 35.5. The van der Waals surface area contributed by atoms with Crippen molar-refractivity contribution >= 4 is 33.8 Å². The normalized spacial score (nSPS) is 24.0. The zero-order valence-electron chi connectivity index (χ0n) is 12.7. The lowest BCUT2D eigenvalue weighted by Gasteiger charge is -2.25. The minimum absolute atomic E-state index is 0. The van der Waals surface area contributed by atoms with Crippen molar-refractivity contribution in [1.82, 2.24) is 15.1 Å². The van der Waals surface area contributed by atoms with Crippen LogP contribution < -0.4 is 5.32 Å². The Hall–Kier alpha value is -0.300. The monoisotopic (exact) mass is 367 g/mol. The molecule has 0 bridgehead atoms. The molecule has 2 heterocycles. The van der Waals surface area contributed by atoms with Crippen LogP contribution in [0.2, 0.25) is 5.15 Å². The van der Waals surface area contributed by atoms with E-state index in [0.29, 0.717) is 18.1 Å². The smallest absolute Gasteiger partial charge is 0.152 e. The van der Waals surface area contributed by atoms with Crippen LogP contribution in [0, 0.1) is 12.8 Å². The summed E-state index contributed by atoms with van der Waals surface area (Å²) >= 11 is 6.43. The van der Waals surface area contributed by atoms with Gasteiger partial charge in [-0.3, -0.25) is 0 Å². The Kier molecular flexibility index (Phi) is 5.80. The number of aryl methyl sites for hydroxylation is 1. The average Bonchev–Trinajstić information content (AvgIpc) is 2.85. The summed E-state index contributed by atoms with van der Waals surface area (Å²) in [4.78, 5) is 0. The summed E-state index contributed by atoms with van der Waals surface area (Å²) in [6, 6.07) is -0.110. The molecule has 1 saturated heterocycles. The van der Waals surface area contributed by atoms with Crippen molar-refractivity contribution in [2.45, 2.75) is 45.2 Å². The number of rotatable bonds is 5. The fourth-order valence-corrected chi connectivity index (χ4v) is 5.13. The minimum atomic E-state index is -2.92. The van der Waals surface area contributed by atoms with Crippen LogP contribution in [0.1, 0.15) is 43.0 Å². The first kappa shape index (κ1) is 18.0. The van der Waals surface area contributed by atoms with Crippen molar-refractivity contribution in [1.29, 1.82) is 0 Å². The van der Waals surface area contributed by atoms with Crippen LogP contribution >= 0.6 is 24.0 Å². The molecular weight excluding hydrogens is 345 g/mol. The molecule has 1 atom stereocenters. The van der Waals surface area contributed by atoms with E-state index in [9.17, 15) is 8.42 Å². The Labute approximate surface area is 143 Å². The van der Waals surface area contributed by atoms with Gasteiger partial charge < -0.3 is 5.32 Å². The van der Waals surface area contributed by atoms with E-state index >= 15 is 0 Å². The molecule has 8 heteroatoms. The van der Waals surface area contributed by atoms with E-state index in [2.05, 4.69) is 10.4 Å². The molecule has 1 aromatic heterocycles. The summed E-state index contributed by atoms with van der Waals surface area (Å²) in [7, 11) is -2.92. The Morgan fingerprint density at radius 2 is 2.09 bits per heavy atom. The molecule has 1 aliphatic heterocycles. The van der Waals surface area contributed by atoms with E-state index in [0.717, 1.165) is 23.7 Å². The number of halogens is 2. The van der Waals surface area contributed by atoms with Gasteiger partial charge in [0.25, 0.3) is 0 Å². The molecule has 22 heavy (non-hydrogen) atoms. The highest BCUT2D eigenvalue weighted by molar-refractivity contribution is 7.91. The highest BCUT2D eigenvalue weighted by Crippen LogP contribution is 2.30. The minimum Gasteiger partial charge on any atom is -0.312 e. The molecule has 126 valence electrons. The van der Waals surface area contributed by atoms with Crippen molar-refractivity contribution in [2.75, 3.05) is 18.1 Å². The molecule has 1 aromatic rings. The van der Waals surface area contributed by atoms with Crippen LogP contribution in [0.3, 0.4) is 0 Å². The fraction of sp³-hybridized carbons (Fsp3) is 0.786. The number of nitrogens with zero attached hydrogens (tertiary/aromatic N) is 2. The van der Waals surface area contributed by atoms with Crippen molar-refractivity contribution in [3.63, 3.8) is 0 Å². The summed E-state index contributed by atoms with van der Waals surface area (Å²) in [6.45, 7) is 3.67. The Bertz CT molecular complexity index is 626. The van der Waals surface area contributed by atoms with E-state index in [4.69, 9.17) is 11.6 Å². The van der Waals surface area contributed by atoms with Gasteiger partial charge in [-0.05, 0) is 38.6 Å². The predicted molar refractivity (Wildman–Crippen MR) is 90.6 cm³/mol. The first-order valence-corrected chi connectivity index (χ1v) is 9.81. The Balaban J connectivity index is 0.00000176. The molecule has 1 unspecified atom stereocenters. The zero-order chi connectivity index (χ0) is 15.0. The van der Waals surface area contributed by atoms with Crippen LogP contribution in [-0.2, 0) is 16.4 Å². The number of sulfone groups is 1. The van der Waals surface area contributed by atoms with Gasteiger partial charge in [0.05, 0.1) is 23.2 Å². The SMILES string of the molecule is Cc1nn(C2CCS(=O)(=O)C2)c(Cl)c1CNCC1CCC1.Cl. The molecule has 0 spiro atoms. The van der Waals surface area contributed by atoms with Crippen molar-refractivity contribution in [3.8, 4) is 0 Å². The standard InChI is InChI=1S/C14H22ClN3O2S.ClH/c1-10-13(8-16-7-11-3-2-4-11)14(15)18(17-10)12-5-6-21(19,20)9-12;/h11-12,16H,2-9H2,1H3;1H. The number of hydrogen-bond acceptors (Lipinski definition) is 4. The number of nitrogens with one attached hydrogen (secondary N) is 1. The molecular formula is C14H23Cl2N3O2S. The van der Waals surface area contributed by atoms with Gasteiger partial charge in [-0.25, -0.2) is 13.1 Å². The van der Waals surface area contributed by atoms with E-state index in [1.54, 1.807) is 4.68 Å². The maximum absolute atomic E-state index is 11.6. The predicted octanol–water partition coefficient (Wildman–Crippen LogP) is 2.52. The molecule has 5 nitrogen and oxygen atoms in total. The third kappa shape index (κ3) is 3.78. The largest absolute Gasteiger partial charge is 0.312 e. The summed E-state index contributed by atoms with van der Waals surface area (Å²) < 4.78 is 24.9. The molecule has 2 aliphatic rings. The van der Waals surface area contributed by atoms with Crippen molar-refractivity contribution in [2.24, 2.45) is 5.92 Å². The summed E-state index contributed by atoms with van der Waals surface area (Å²) in [5.41, 5.74) is 1.89. The summed E-state index contributed by atoms with van der Waals surface area (Å²) in [6.07, 6.45) is 4.59. The molecule has 1 aliphatic carbocycles. The first-order chi connectivity index (χ1) is 9.96. The average molecular weight is 368 g/mol. The zero-order valence-corrected chi connectivity index (χ0v) is 15.1. The molecule has 2 fully saturated rings. The molecule has 1 N–H and O–H groups in total. The van der Waals surface area contributed by atoms with E-state index in [1.165, 1.54) is 19.3 Å². The van der Waals surface area contributed by atoms with Crippen LogP contribution in [0.5, 0.6) is 0 Å². The van der Waals surface area contributed by atoms with Crippen LogP contribution in [0.4, 0.5) is 0 Å². The topological polar surface area (TPSA) is 64.0 Å². The van der Waals surface area contributed by atoms with Gasteiger partial charge in [0.1, 0.15) is 5.15 Å². The summed E-state index contributed by atoms with van der Waals surface area (Å²) in [5.74, 6) is 1.20. The van der Waals surface area contributed by atoms with Crippen LogP contribution in [0.15, 0.2) is 0 Å². The van der Waals surface area contributed by atoms with Gasteiger partial charge in [0.15, 0.2) is 9.84 Å². The van der Waals surface area contributed by atoms with E-state index < -0.39 is 9.84 Å². The van der Waals surface area contributed by atoms with E-state index in [-0.39, 0.29) is 30.0 Å². The fourth-order valence-electron chi connectivity index (χ4n) is 3.06. The Morgan fingerprint density at radius 3 is 2.64 bits per heavy atom. The third-order valence-electron chi connectivity index (χ3n) is 4.66. The second-order valence-electron chi connectivity index (χ2n) is 6.28. The van der Waals surface area contributed by atoms with Gasteiger partial charge in [-0.2, -0.15) is 5.10 Å². The van der Waals surface area contributed by atoms with Crippen LogP contribution in [0.25, 0.3) is 0 Å². The van der Waals surface area contributed by atoms with Gasteiger partial charge in [-0.1, -0.05) is 18.0 Å². The van der Waals surface area contributed by atoms with E-state index in [1.807, 2.05) is 6.92 Å². The molecule has 0 amide bonds. The van der Waals surface area contributed by atoms with Gasteiger partial charge in [0, 0.05) is 12.1 Å². The van der Waals surface area contributed by atoms with Crippen LogP contribution in [-0.4, -0.2) is 36.2 Å². The van der Waals surface area contributed by atoms with Gasteiger partial charge in [0.2, 0.25) is 0 Å². The lowest BCUT2D eigenvalue weighted by molar-refractivity contribution is 0.301. The quantitative estimate of drug-likeness (QED) is 0.868. The maximum atomic E-state index is 11.6. The van der Waals surface area contributed by atoms with Crippen molar-refractivity contribution < 1.29 is 8.42 Å². The highest BCUT2D eigenvalue weighted by Gasteiger charge is 2.32. The molecule has 0 aromatic carbocycles. The van der Waals surface area contributed by atoms with Crippen molar-refractivity contribution in [3.05, 3.63) is 16.4 Å². The lowest BCUT2D eigenvalue weighted by atomic mass is 9.85. The number of aromatic nitrogens is 2. The lowest BCUT2D eigenvalue weighted by Crippen LogP contribution is -2.27. The second-order valence-corrected chi connectivity index (χ2v) is 8.87. The third-order valence-corrected chi connectivity index (χ3v) is 6.81. The Morgan fingerprint density at radius 1 is 1.36 bits per heavy atom. The number of hydrogen-bond donors (Lipinski definition) is 1.